The monoisotopic (exact) mass is 386 g/mol. The number of rotatable bonds is 4. The van der Waals surface area contributed by atoms with E-state index in [2.05, 4.69) is 37.3 Å². The Morgan fingerprint density at radius 1 is 1.07 bits per heavy atom. The maximum atomic E-state index is 13.5. The summed E-state index contributed by atoms with van der Waals surface area (Å²) in [7, 11) is 0. The van der Waals surface area contributed by atoms with E-state index in [4.69, 9.17) is 0 Å². The van der Waals surface area contributed by atoms with Crippen LogP contribution in [0.3, 0.4) is 0 Å². The number of carboxylic acids is 1. The van der Waals surface area contributed by atoms with Crippen molar-refractivity contribution >= 4 is 27.8 Å². The largest absolute Gasteiger partial charge is 0.481 e. The van der Waals surface area contributed by atoms with Crippen LogP contribution in [0.15, 0.2) is 65.5 Å². The van der Waals surface area contributed by atoms with E-state index in [-0.39, 0.29) is 24.1 Å². The minimum Gasteiger partial charge on any atom is -0.481 e. The first-order valence-corrected chi connectivity index (χ1v) is 9.96. The molecular formula is C24H22N2O3. The number of aliphatic carboxylic acids is 1. The number of carboxylic acid groups (broad SMARTS) is 1. The third kappa shape index (κ3) is 2.77. The first-order valence-electron chi connectivity index (χ1n) is 9.96. The van der Waals surface area contributed by atoms with Crippen molar-refractivity contribution in [2.24, 2.45) is 0 Å². The average molecular weight is 386 g/mol. The van der Waals surface area contributed by atoms with Crippen LogP contribution in [0.4, 0.5) is 0 Å². The number of imidazole rings is 1. The molecule has 0 bridgehead atoms. The van der Waals surface area contributed by atoms with E-state index in [0.29, 0.717) is 13.0 Å². The Kier molecular flexibility index (Phi) is 4.05. The Labute approximate surface area is 167 Å². The van der Waals surface area contributed by atoms with Crippen molar-refractivity contribution in [2.75, 3.05) is 0 Å². The molecule has 5 heteroatoms. The van der Waals surface area contributed by atoms with Crippen LogP contribution in [0.25, 0.3) is 21.8 Å². The Morgan fingerprint density at radius 3 is 2.66 bits per heavy atom. The smallest absolute Gasteiger partial charge is 0.329 e. The molecule has 0 spiro atoms. The summed E-state index contributed by atoms with van der Waals surface area (Å²) in [6.45, 7) is 2.57. The normalized spacial score (nSPS) is 18.4. The number of fused-ring (bicyclic) bond motifs is 1. The fourth-order valence-electron chi connectivity index (χ4n) is 4.86. The van der Waals surface area contributed by atoms with Gasteiger partial charge in [-0.05, 0) is 40.3 Å². The zero-order valence-electron chi connectivity index (χ0n) is 16.2. The van der Waals surface area contributed by atoms with Crippen molar-refractivity contribution in [3.63, 3.8) is 0 Å². The van der Waals surface area contributed by atoms with E-state index in [1.165, 1.54) is 0 Å². The van der Waals surface area contributed by atoms with E-state index < -0.39 is 5.97 Å². The summed E-state index contributed by atoms with van der Waals surface area (Å²) in [6.07, 6.45) is 0.628. The Hall–Kier alpha value is -3.34. The zero-order valence-corrected chi connectivity index (χ0v) is 16.2. The minimum absolute atomic E-state index is 0.0358. The van der Waals surface area contributed by atoms with Gasteiger partial charge in [-0.3, -0.25) is 13.9 Å². The highest BCUT2D eigenvalue weighted by Gasteiger charge is 2.31. The highest BCUT2D eigenvalue weighted by Crippen LogP contribution is 2.39. The zero-order chi connectivity index (χ0) is 20.1. The maximum Gasteiger partial charge on any atom is 0.329 e. The first kappa shape index (κ1) is 17.7. The van der Waals surface area contributed by atoms with Crippen LogP contribution in [0.2, 0.25) is 0 Å². The highest BCUT2D eigenvalue weighted by molar-refractivity contribution is 5.86. The van der Waals surface area contributed by atoms with Crippen LogP contribution >= 0.6 is 0 Å². The highest BCUT2D eigenvalue weighted by atomic mass is 16.4. The van der Waals surface area contributed by atoms with Gasteiger partial charge in [0.05, 0.1) is 24.0 Å². The van der Waals surface area contributed by atoms with Gasteiger partial charge in [0.1, 0.15) is 0 Å². The molecule has 0 saturated carbocycles. The van der Waals surface area contributed by atoms with Gasteiger partial charge >= 0.3 is 11.7 Å². The quantitative estimate of drug-likeness (QED) is 0.561. The van der Waals surface area contributed by atoms with E-state index in [9.17, 15) is 14.7 Å². The van der Waals surface area contributed by atoms with Crippen LogP contribution in [0.1, 0.15) is 42.9 Å². The summed E-state index contributed by atoms with van der Waals surface area (Å²) < 4.78 is 3.53. The van der Waals surface area contributed by atoms with E-state index in [1.54, 1.807) is 9.13 Å². The number of carbonyl (C=O) groups is 1. The van der Waals surface area contributed by atoms with Crippen molar-refractivity contribution < 1.29 is 9.90 Å². The van der Waals surface area contributed by atoms with Gasteiger partial charge in [-0.15, -0.1) is 0 Å². The molecule has 0 aliphatic carbocycles. The summed E-state index contributed by atoms with van der Waals surface area (Å²) in [5.74, 6) is -0.653. The molecule has 0 radical (unpaired) electrons. The van der Waals surface area contributed by atoms with Gasteiger partial charge in [-0.25, -0.2) is 4.79 Å². The molecule has 5 rings (SSSR count). The van der Waals surface area contributed by atoms with Crippen LogP contribution in [0, 0.1) is 0 Å². The van der Waals surface area contributed by atoms with Gasteiger partial charge in [-0.2, -0.15) is 0 Å². The molecule has 1 aliphatic rings. The Morgan fingerprint density at radius 2 is 1.83 bits per heavy atom. The van der Waals surface area contributed by atoms with Crippen LogP contribution < -0.4 is 5.69 Å². The molecule has 0 saturated heterocycles. The second-order valence-corrected chi connectivity index (χ2v) is 7.98. The molecule has 2 atom stereocenters. The van der Waals surface area contributed by atoms with Gasteiger partial charge in [0.25, 0.3) is 0 Å². The predicted octanol–water partition coefficient (Wildman–Crippen LogP) is 4.53. The second-order valence-electron chi connectivity index (χ2n) is 7.98. The van der Waals surface area contributed by atoms with Gasteiger partial charge in [0.15, 0.2) is 0 Å². The minimum atomic E-state index is -0.872. The Bertz CT molecular complexity index is 1310. The average Bonchev–Trinajstić information content (AvgIpc) is 2.99. The molecule has 1 aliphatic heterocycles. The molecule has 5 nitrogen and oxygen atoms in total. The number of nitrogens with zero attached hydrogens (tertiary/aromatic N) is 2. The molecule has 4 aromatic rings. The number of benzene rings is 3. The number of aromatic nitrogens is 2. The molecule has 2 unspecified atom stereocenters. The van der Waals surface area contributed by atoms with Crippen LogP contribution in [-0.2, 0) is 11.3 Å². The fraction of sp³-hybridized carbons (Fsp3) is 0.250. The standard InChI is InChI=1S/C24H22N2O3/c1-15-12-18(13-22(27)28)26-23-19(15)10-5-11-21(23)25(24(26)29)14-17-8-4-7-16-6-2-3-9-20(16)17/h2-11,15,18H,12-14H2,1H3,(H,27,28). The third-order valence-corrected chi connectivity index (χ3v) is 6.15. The van der Waals surface area contributed by atoms with E-state index >= 15 is 0 Å². The molecule has 1 N–H and O–H groups in total. The first-order chi connectivity index (χ1) is 14.0. The molecule has 0 amide bonds. The van der Waals surface area contributed by atoms with Crippen molar-refractivity contribution in [3.05, 3.63) is 82.3 Å². The Balaban J connectivity index is 1.73. The van der Waals surface area contributed by atoms with Crippen molar-refractivity contribution in [2.45, 2.75) is 38.3 Å². The molecule has 0 fully saturated rings. The molecule has 146 valence electrons. The van der Waals surface area contributed by atoms with Crippen LogP contribution in [-0.4, -0.2) is 20.2 Å². The van der Waals surface area contributed by atoms with Gasteiger partial charge in [-0.1, -0.05) is 61.5 Å². The van der Waals surface area contributed by atoms with Crippen molar-refractivity contribution in [1.29, 1.82) is 0 Å². The third-order valence-electron chi connectivity index (χ3n) is 6.15. The summed E-state index contributed by atoms with van der Waals surface area (Å²) in [5, 5.41) is 11.7. The van der Waals surface area contributed by atoms with E-state index in [1.807, 2.05) is 30.3 Å². The molecule has 2 heterocycles. The lowest BCUT2D eigenvalue weighted by Gasteiger charge is -2.27. The lowest BCUT2D eigenvalue weighted by atomic mass is 9.88. The predicted molar refractivity (Wildman–Crippen MR) is 114 cm³/mol. The van der Waals surface area contributed by atoms with Crippen molar-refractivity contribution in [1.82, 2.24) is 9.13 Å². The summed E-state index contributed by atoms with van der Waals surface area (Å²) >= 11 is 0. The fourth-order valence-corrected chi connectivity index (χ4v) is 4.86. The number of hydrogen-bond donors (Lipinski definition) is 1. The topological polar surface area (TPSA) is 64.2 Å². The number of para-hydroxylation sites is 1. The van der Waals surface area contributed by atoms with Gasteiger partial charge < -0.3 is 5.11 Å². The van der Waals surface area contributed by atoms with E-state index in [0.717, 1.165) is 32.9 Å². The molecule has 29 heavy (non-hydrogen) atoms. The summed E-state index contributed by atoms with van der Waals surface area (Å²) in [4.78, 5) is 24.9. The lowest BCUT2D eigenvalue weighted by Crippen LogP contribution is -2.31. The summed E-state index contributed by atoms with van der Waals surface area (Å²) in [5.41, 5.74) is 3.85. The molecule has 1 aromatic heterocycles. The molecular weight excluding hydrogens is 364 g/mol. The van der Waals surface area contributed by atoms with Crippen LogP contribution in [0.5, 0.6) is 0 Å². The lowest BCUT2D eigenvalue weighted by molar-refractivity contribution is -0.138. The van der Waals surface area contributed by atoms with Gasteiger partial charge in [0.2, 0.25) is 0 Å². The molecule has 3 aromatic carbocycles. The second kappa shape index (κ2) is 6.62. The van der Waals surface area contributed by atoms with Crippen molar-refractivity contribution in [3.8, 4) is 0 Å². The maximum absolute atomic E-state index is 13.5. The SMILES string of the molecule is CC1CC(CC(=O)O)n2c(=O)n(Cc3cccc4ccccc34)c3cccc1c32. The van der Waals surface area contributed by atoms with Gasteiger partial charge in [0, 0.05) is 6.04 Å². The number of hydrogen-bond acceptors (Lipinski definition) is 2. The summed E-state index contributed by atoms with van der Waals surface area (Å²) in [6, 6.07) is 20.0.